The SMILES string of the molecule is Cc1ccc(C(CI)OC2CCOCC2)cc1. The van der Waals surface area contributed by atoms with Gasteiger partial charge in [0, 0.05) is 17.6 Å². The van der Waals surface area contributed by atoms with Crippen molar-refractivity contribution in [2.75, 3.05) is 17.6 Å². The Labute approximate surface area is 117 Å². The molecular weight excluding hydrogens is 327 g/mol. The Morgan fingerprint density at radius 3 is 2.53 bits per heavy atom. The maximum atomic E-state index is 6.18. The van der Waals surface area contributed by atoms with Crippen molar-refractivity contribution in [2.24, 2.45) is 0 Å². The fourth-order valence-electron chi connectivity index (χ4n) is 2.03. The molecule has 1 aliphatic rings. The zero-order valence-corrected chi connectivity index (χ0v) is 12.4. The van der Waals surface area contributed by atoms with Gasteiger partial charge in [-0.3, -0.25) is 0 Å². The van der Waals surface area contributed by atoms with Crippen LogP contribution in [-0.2, 0) is 9.47 Å². The summed E-state index contributed by atoms with van der Waals surface area (Å²) in [5.74, 6) is 0. The molecule has 0 spiro atoms. The van der Waals surface area contributed by atoms with E-state index in [0.29, 0.717) is 6.10 Å². The number of hydrogen-bond donors (Lipinski definition) is 0. The van der Waals surface area contributed by atoms with E-state index in [-0.39, 0.29) is 6.10 Å². The fraction of sp³-hybridized carbons (Fsp3) is 0.571. The predicted octanol–water partition coefficient (Wildman–Crippen LogP) is 3.67. The Kier molecular flexibility index (Phi) is 5.25. The van der Waals surface area contributed by atoms with Gasteiger partial charge < -0.3 is 9.47 Å². The first-order valence-electron chi connectivity index (χ1n) is 6.15. The summed E-state index contributed by atoms with van der Waals surface area (Å²) >= 11 is 2.40. The van der Waals surface area contributed by atoms with E-state index in [2.05, 4.69) is 53.8 Å². The van der Waals surface area contributed by atoms with Crippen LogP contribution >= 0.6 is 22.6 Å². The van der Waals surface area contributed by atoms with Crippen molar-refractivity contribution in [1.29, 1.82) is 0 Å². The first-order valence-corrected chi connectivity index (χ1v) is 7.68. The number of aryl methyl sites for hydroxylation is 1. The molecule has 0 bridgehead atoms. The van der Waals surface area contributed by atoms with Crippen LogP contribution in [0, 0.1) is 6.92 Å². The van der Waals surface area contributed by atoms with Crippen LogP contribution in [0.1, 0.15) is 30.1 Å². The van der Waals surface area contributed by atoms with Crippen LogP contribution in [0.2, 0.25) is 0 Å². The largest absolute Gasteiger partial charge is 0.381 e. The molecule has 17 heavy (non-hydrogen) atoms. The van der Waals surface area contributed by atoms with Crippen molar-refractivity contribution < 1.29 is 9.47 Å². The highest BCUT2D eigenvalue weighted by atomic mass is 127. The number of alkyl halides is 1. The first-order chi connectivity index (χ1) is 8.29. The molecule has 1 saturated heterocycles. The molecule has 1 atom stereocenters. The molecule has 94 valence electrons. The minimum atomic E-state index is 0.222. The van der Waals surface area contributed by atoms with Crippen molar-refractivity contribution in [3.63, 3.8) is 0 Å². The average Bonchev–Trinajstić information content (AvgIpc) is 2.38. The van der Waals surface area contributed by atoms with E-state index in [9.17, 15) is 0 Å². The van der Waals surface area contributed by atoms with Gasteiger partial charge in [-0.05, 0) is 25.3 Å². The highest BCUT2D eigenvalue weighted by molar-refractivity contribution is 14.1. The van der Waals surface area contributed by atoms with Crippen LogP contribution < -0.4 is 0 Å². The Bertz CT molecular complexity index is 331. The Morgan fingerprint density at radius 2 is 1.94 bits per heavy atom. The molecule has 0 amide bonds. The van der Waals surface area contributed by atoms with Crippen LogP contribution in [0.5, 0.6) is 0 Å². The van der Waals surface area contributed by atoms with Crippen LogP contribution in [0.3, 0.4) is 0 Å². The highest BCUT2D eigenvalue weighted by Gasteiger charge is 2.19. The van der Waals surface area contributed by atoms with Crippen molar-refractivity contribution in [2.45, 2.75) is 32.0 Å². The fourth-order valence-corrected chi connectivity index (χ4v) is 2.75. The predicted molar refractivity (Wildman–Crippen MR) is 77.7 cm³/mol. The van der Waals surface area contributed by atoms with Crippen molar-refractivity contribution >= 4 is 22.6 Å². The summed E-state index contributed by atoms with van der Waals surface area (Å²) in [5, 5.41) is 0. The van der Waals surface area contributed by atoms with Gasteiger partial charge in [-0.25, -0.2) is 0 Å². The Hall–Kier alpha value is -0.130. The van der Waals surface area contributed by atoms with Crippen molar-refractivity contribution in [3.05, 3.63) is 35.4 Å². The van der Waals surface area contributed by atoms with Crippen LogP contribution in [0.15, 0.2) is 24.3 Å². The summed E-state index contributed by atoms with van der Waals surface area (Å²) < 4.78 is 12.5. The number of rotatable bonds is 4. The molecular formula is C14H19IO2. The van der Waals surface area contributed by atoms with E-state index in [0.717, 1.165) is 30.5 Å². The van der Waals surface area contributed by atoms with Gasteiger partial charge in [-0.15, -0.1) is 0 Å². The molecule has 2 nitrogen and oxygen atoms in total. The first kappa shape index (κ1) is 13.3. The lowest BCUT2D eigenvalue weighted by molar-refractivity contribution is -0.0611. The minimum absolute atomic E-state index is 0.222. The molecule has 1 aromatic rings. The molecule has 1 fully saturated rings. The van der Waals surface area contributed by atoms with Crippen molar-refractivity contribution in [3.8, 4) is 0 Å². The zero-order chi connectivity index (χ0) is 12.1. The third kappa shape index (κ3) is 3.93. The summed E-state index contributed by atoms with van der Waals surface area (Å²) in [6, 6.07) is 8.67. The monoisotopic (exact) mass is 346 g/mol. The zero-order valence-electron chi connectivity index (χ0n) is 10.2. The second-order valence-electron chi connectivity index (χ2n) is 4.50. The summed E-state index contributed by atoms with van der Waals surface area (Å²) in [7, 11) is 0. The molecule has 3 heteroatoms. The van der Waals surface area contributed by atoms with Crippen molar-refractivity contribution in [1.82, 2.24) is 0 Å². The summed E-state index contributed by atoms with van der Waals surface area (Å²) in [6.45, 7) is 3.79. The van der Waals surface area contributed by atoms with E-state index >= 15 is 0 Å². The highest BCUT2D eigenvalue weighted by Crippen LogP contribution is 2.25. The van der Waals surface area contributed by atoms with Crippen LogP contribution in [-0.4, -0.2) is 23.7 Å². The maximum Gasteiger partial charge on any atom is 0.0918 e. The normalized spacial score (nSPS) is 19.2. The van der Waals surface area contributed by atoms with E-state index in [1.807, 2.05) is 0 Å². The minimum Gasteiger partial charge on any atom is -0.381 e. The molecule has 0 aliphatic carbocycles. The molecule has 0 saturated carbocycles. The molecule has 1 aromatic carbocycles. The Morgan fingerprint density at radius 1 is 1.29 bits per heavy atom. The lowest BCUT2D eigenvalue weighted by Crippen LogP contribution is -2.25. The smallest absolute Gasteiger partial charge is 0.0918 e. The number of benzene rings is 1. The Balaban J connectivity index is 1.97. The lowest BCUT2D eigenvalue weighted by atomic mass is 10.1. The van der Waals surface area contributed by atoms with Gasteiger partial charge in [0.05, 0.1) is 12.2 Å². The van der Waals surface area contributed by atoms with Gasteiger partial charge >= 0.3 is 0 Å². The maximum absolute atomic E-state index is 6.18. The summed E-state index contributed by atoms with van der Waals surface area (Å²) in [5.41, 5.74) is 2.59. The number of halogens is 1. The van der Waals surface area contributed by atoms with Gasteiger partial charge in [0.1, 0.15) is 0 Å². The molecule has 0 aromatic heterocycles. The number of ether oxygens (including phenoxy) is 2. The van der Waals surface area contributed by atoms with Gasteiger partial charge in [-0.1, -0.05) is 52.4 Å². The van der Waals surface area contributed by atoms with E-state index in [1.54, 1.807) is 0 Å². The summed E-state index contributed by atoms with van der Waals surface area (Å²) in [4.78, 5) is 0. The molecule has 1 heterocycles. The molecule has 0 radical (unpaired) electrons. The van der Waals surface area contributed by atoms with E-state index in [1.165, 1.54) is 11.1 Å². The van der Waals surface area contributed by atoms with Gasteiger partial charge in [0.25, 0.3) is 0 Å². The molecule has 0 N–H and O–H groups in total. The van der Waals surface area contributed by atoms with Crippen LogP contribution in [0.25, 0.3) is 0 Å². The van der Waals surface area contributed by atoms with Crippen LogP contribution in [0.4, 0.5) is 0 Å². The van der Waals surface area contributed by atoms with Gasteiger partial charge in [0.2, 0.25) is 0 Å². The standard InChI is InChI=1S/C14H19IO2/c1-11-2-4-12(5-3-11)14(10-15)17-13-6-8-16-9-7-13/h2-5,13-14H,6-10H2,1H3. The molecule has 1 aliphatic heterocycles. The van der Waals surface area contributed by atoms with E-state index < -0.39 is 0 Å². The molecule has 1 unspecified atom stereocenters. The second-order valence-corrected chi connectivity index (χ2v) is 5.38. The van der Waals surface area contributed by atoms with Gasteiger partial charge in [-0.2, -0.15) is 0 Å². The quantitative estimate of drug-likeness (QED) is 0.612. The molecule has 2 rings (SSSR count). The third-order valence-corrected chi connectivity index (χ3v) is 3.91. The van der Waals surface area contributed by atoms with Gasteiger partial charge in [0.15, 0.2) is 0 Å². The average molecular weight is 346 g/mol. The topological polar surface area (TPSA) is 18.5 Å². The van der Waals surface area contributed by atoms with E-state index in [4.69, 9.17) is 9.47 Å². The summed E-state index contributed by atoms with van der Waals surface area (Å²) in [6.07, 6.45) is 2.64. The second kappa shape index (κ2) is 6.71. The third-order valence-electron chi connectivity index (χ3n) is 3.11. The number of hydrogen-bond acceptors (Lipinski definition) is 2. The lowest BCUT2D eigenvalue weighted by Gasteiger charge is -2.27.